The van der Waals surface area contributed by atoms with Crippen molar-refractivity contribution in [1.29, 1.82) is 0 Å². The fourth-order valence-electron chi connectivity index (χ4n) is 3.52. The number of ketones is 2. The molecule has 1 aromatic carbocycles. The topological polar surface area (TPSA) is 83.5 Å². The van der Waals surface area contributed by atoms with Gasteiger partial charge in [-0.05, 0) is 6.42 Å². The highest BCUT2D eigenvalue weighted by Crippen LogP contribution is 2.43. The molecule has 0 unspecified atom stereocenters. The highest BCUT2D eigenvalue weighted by Gasteiger charge is 2.61. The van der Waals surface area contributed by atoms with Crippen molar-refractivity contribution < 1.29 is 19.5 Å². The Morgan fingerprint density at radius 2 is 1.95 bits per heavy atom. The molecule has 4 atom stereocenters. The first-order valence-corrected chi connectivity index (χ1v) is 7.10. The Labute approximate surface area is 122 Å². The second-order valence-corrected chi connectivity index (χ2v) is 5.89. The molecule has 1 heterocycles. The lowest BCUT2D eigenvalue weighted by Gasteiger charge is -2.37. The van der Waals surface area contributed by atoms with E-state index in [0.29, 0.717) is 5.56 Å². The molecule has 2 aliphatic rings. The SMILES string of the molecule is C[C@@H]1C(=O)CC[C@]2(O)C(=O)N[C@@H](C(=O)c3ccccc3)[C@@H]12. The number of benzene rings is 1. The molecule has 0 aromatic heterocycles. The molecule has 21 heavy (non-hydrogen) atoms. The quantitative estimate of drug-likeness (QED) is 0.785. The summed E-state index contributed by atoms with van der Waals surface area (Å²) in [6.45, 7) is 1.68. The lowest BCUT2D eigenvalue weighted by Crippen LogP contribution is -2.52. The van der Waals surface area contributed by atoms with Crippen LogP contribution in [0.25, 0.3) is 0 Å². The number of amides is 1. The highest BCUT2D eigenvalue weighted by atomic mass is 16.3. The summed E-state index contributed by atoms with van der Waals surface area (Å²) in [4.78, 5) is 36.6. The molecule has 5 nitrogen and oxygen atoms in total. The fourth-order valence-corrected chi connectivity index (χ4v) is 3.52. The van der Waals surface area contributed by atoms with E-state index in [1.165, 1.54) is 0 Å². The second-order valence-electron chi connectivity index (χ2n) is 5.89. The Morgan fingerprint density at radius 1 is 1.29 bits per heavy atom. The van der Waals surface area contributed by atoms with E-state index in [2.05, 4.69) is 5.32 Å². The molecule has 0 spiro atoms. The maximum atomic E-state index is 12.6. The minimum absolute atomic E-state index is 0.00737. The maximum Gasteiger partial charge on any atom is 0.252 e. The molecular formula is C16H17NO4. The number of hydrogen-bond donors (Lipinski definition) is 2. The molecule has 1 saturated heterocycles. The first-order chi connectivity index (χ1) is 9.95. The van der Waals surface area contributed by atoms with Gasteiger partial charge in [-0.3, -0.25) is 14.4 Å². The van der Waals surface area contributed by atoms with Gasteiger partial charge in [-0.2, -0.15) is 0 Å². The monoisotopic (exact) mass is 287 g/mol. The summed E-state index contributed by atoms with van der Waals surface area (Å²) >= 11 is 0. The van der Waals surface area contributed by atoms with Gasteiger partial charge >= 0.3 is 0 Å². The number of fused-ring (bicyclic) bond motifs is 1. The minimum Gasteiger partial charge on any atom is -0.380 e. The summed E-state index contributed by atoms with van der Waals surface area (Å²) in [5, 5.41) is 13.2. The summed E-state index contributed by atoms with van der Waals surface area (Å²) in [6, 6.07) is 7.77. The number of rotatable bonds is 2. The van der Waals surface area contributed by atoms with Crippen LogP contribution in [0.15, 0.2) is 30.3 Å². The van der Waals surface area contributed by atoms with E-state index in [4.69, 9.17) is 0 Å². The third-order valence-electron chi connectivity index (χ3n) is 4.73. The summed E-state index contributed by atoms with van der Waals surface area (Å²) in [6.07, 6.45) is 0.263. The molecule has 1 saturated carbocycles. The van der Waals surface area contributed by atoms with E-state index in [1.807, 2.05) is 0 Å². The van der Waals surface area contributed by atoms with Gasteiger partial charge in [0, 0.05) is 23.8 Å². The fraction of sp³-hybridized carbons (Fsp3) is 0.438. The summed E-state index contributed by atoms with van der Waals surface area (Å²) in [5.41, 5.74) is -1.14. The van der Waals surface area contributed by atoms with E-state index < -0.39 is 29.4 Å². The van der Waals surface area contributed by atoms with Crippen molar-refractivity contribution >= 4 is 17.5 Å². The standard InChI is InChI=1S/C16H17NO4/c1-9-11(18)7-8-16(21)12(9)13(17-15(16)20)14(19)10-5-3-2-4-6-10/h2-6,9,12-13,21H,7-8H2,1H3,(H,17,20)/t9-,12-,13-,16-/m1/s1. The summed E-state index contributed by atoms with van der Waals surface area (Å²) < 4.78 is 0. The van der Waals surface area contributed by atoms with Gasteiger partial charge in [-0.1, -0.05) is 37.3 Å². The van der Waals surface area contributed by atoms with Crippen molar-refractivity contribution in [3.05, 3.63) is 35.9 Å². The second kappa shape index (κ2) is 4.77. The third kappa shape index (κ3) is 2.00. The van der Waals surface area contributed by atoms with Crippen molar-refractivity contribution in [2.75, 3.05) is 0 Å². The van der Waals surface area contributed by atoms with Crippen LogP contribution < -0.4 is 5.32 Å². The number of nitrogens with one attached hydrogen (secondary N) is 1. The third-order valence-corrected chi connectivity index (χ3v) is 4.73. The molecule has 1 aliphatic heterocycles. The Bertz CT molecular complexity index is 612. The number of carbonyl (C=O) groups is 3. The summed E-state index contributed by atoms with van der Waals surface area (Å²) in [7, 11) is 0. The van der Waals surface area contributed by atoms with Crippen molar-refractivity contribution in [1.82, 2.24) is 5.32 Å². The molecule has 5 heteroatoms. The van der Waals surface area contributed by atoms with E-state index in [1.54, 1.807) is 37.3 Å². The Kier molecular flexibility index (Phi) is 3.17. The zero-order valence-electron chi connectivity index (χ0n) is 11.7. The Hall–Kier alpha value is -2.01. The van der Waals surface area contributed by atoms with Gasteiger partial charge in [0.25, 0.3) is 5.91 Å². The van der Waals surface area contributed by atoms with E-state index >= 15 is 0 Å². The number of hydrogen-bond acceptors (Lipinski definition) is 4. The molecule has 1 amide bonds. The van der Waals surface area contributed by atoms with Gasteiger partial charge in [0.05, 0.1) is 6.04 Å². The van der Waals surface area contributed by atoms with Crippen LogP contribution in [0, 0.1) is 11.8 Å². The van der Waals surface area contributed by atoms with Crippen molar-refractivity contribution in [2.45, 2.75) is 31.4 Å². The van der Waals surface area contributed by atoms with Crippen LogP contribution in [-0.2, 0) is 9.59 Å². The molecule has 2 N–H and O–H groups in total. The lowest BCUT2D eigenvalue weighted by molar-refractivity contribution is -0.149. The van der Waals surface area contributed by atoms with Crippen LogP contribution in [-0.4, -0.2) is 34.2 Å². The minimum atomic E-state index is -1.61. The number of carbonyl (C=O) groups excluding carboxylic acids is 3. The van der Waals surface area contributed by atoms with Gasteiger partial charge in [-0.25, -0.2) is 0 Å². The van der Waals surface area contributed by atoms with Crippen molar-refractivity contribution in [3.63, 3.8) is 0 Å². The van der Waals surface area contributed by atoms with E-state index in [9.17, 15) is 19.5 Å². The molecule has 1 aromatic rings. The van der Waals surface area contributed by atoms with Gasteiger partial charge in [-0.15, -0.1) is 0 Å². The van der Waals surface area contributed by atoms with Gasteiger partial charge < -0.3 is 10.4 Å². The molecule has 0 bridgehead atoms. The van der Waals surface area contributed by atoms with Gasteiger partial charge in [0.2, 0.25) is 0 Å². The normalized spacial score (nSPS) is 35.2. The van der Waals surface area contributed by atoms with Crippen molar-refractivity contribution in [2.24, 2.45) is 11.8 Å². The predicted octanol–water partition coefficient (Wildman–Crippen LogP) is 0.714. The first kappa shape index (κ1) is 13.9. The largest absolute Gasteiger partial charge is 0.380 e. The van der Waals surface area contributed by atoms with Gasteiger partial charge in [0.1, 0.15) is 11.4 Å². The van der Waals surface area contributed by atoms with Crippen LogP contribution in [0.2, 0.25) is 0 Å². The number of Topliss-reactive ketones (excluding diaryl/α,β-unsaturated/α-hetero) is 2. The molecular weight excluding hydrogens is 270 g/mol. The molecule has 0 radical (unpaired) electrons. The van der Waals surface area contributed by atoms with Crippen LogP contribution in [0.1, 0.15) is 30.1 Å². The molecule has 1 aliphatic carbocycles. The van der Waals surface area contributed by atoms with Crippen LogP contribution in [0.5, 0.6) is 0 Å². The average Bonchev–Trinajstić information content (AvgIpc) is 2.76. The summed E-state index contributed by atoms with van der Waals surface area (Å²) in [5.74, 6) is -2.01. The Balaban J connectivity index is 1.98. The average molecular weight is 287 g/mol. The zero-order valence-corrected chi connectivity index (χ0v) is 11.7. The lowest BCUT2D eigenvalue weighted by atomic mass is 9.67. The molecule has 2 fully saturated rings. The zero-order chi connectivity index (χ0) is 15.2. The maximum absolute atomic E-state index is 12.6. The van der Waals surface area contributed by atoms with E-state index in [-0.39, 0.29) is 24.4 Å². The Morgan fingerprint density at radius 3 is 2.62 bits per heavy atom. The van der Waals surface area contributed by atoms with Crippen LogP contribution in [0.4, 0.5) is 0 Å². The van der Waals surface area contributed by atoms with Crippen LogP contribution in [0.3, 0.4) is 0 Å². The first-order valence-electron chi connectivity index (χ1n) is 7.10. The smallest absolute Gasteiger partial charge is 0.252 e. The van der Waals surface area contributed by atoms with Crippen molar-refractivity contribution in [3.8, 4) is 0 Å². The molecule has 110 valence electrons. The van der Waals surface area contributed by atoms with E-state index in [0.717, 1.165) is 0 Å². The predicted molar refractivity (Wildman–Crippen MR) is 74.5 cm³/mol. The van der Waals surface area contributed by atoms with Gasteiger partial charge in [0.15, 0.2) is 5.78 Å². The molecule has 3 rings (SSSR count). The number of aliphatic hydroxyl groups is 1. The van der Waals surface area contributed by atoms with Crippen LogP contribution >= 0.6 is 0 Å². The highest BCUT2D eigenvalue weighted by molar-refractivity contribution is 6.06.